The normalized spacial score (nSPS) is 38.1. The number of hydrogen-bond donors (Lipinski definition) is 1. The lowest BCUT2D eigenvalue weighted by atomic mass is 9.69. The third-order valence-corrected chi connectivity index (χ3v) is 8.11. The number of nitrogens with zero attached hydrogens (tertiary/aromatic N) is 2. The lowest BCUT2D eigenvalue weighted by Crippen LogP contribution is -2.95. The molecule has 1 amide bonds. The van der Waals surface area contributed by atoms with Gasteiger partial charge in [-0.15, -0.1) is 0 Å². The number of esters is 1. The molecule has 6 unspecified atom stereocenters. The number of rotatable bonds is 5. The van der Waals surface area contributed by atoms with Crippen molar-refractivity contribution in [1.82, 2.24) is 9.80 Å². The van der Waals surface area contributed by atoms with Gasteiger partial charge in [0, 0.05) is 59.0 Å². The van der Waals surface area contributed by atoms with Gasteiger partial charge < -0.3 is 19.7 Å². The topological polar surface area (TPSA) is 75.7 Å². The highest BCUT2D eigenvalue weighted by Gasteiger charge is 2.44. The van der Waals surface area contributed by atoms with Crippen LogP contribution in [-0.2, 0) is 19.1 Å². The van der Waals surface area contributed by atoms with E-state index in [1.807, 2.05) is 0 Å². The van der Waals surface area contributed by atoms with Crippen LogP contribution in [0.5, 0.6) is 0 Å². The minimum absolute atomic E-state index is 0.0113. The van der Waals surface area contributed by atoms with E-state index in [0.717, 1.165) is 45.4 Å². The fourth-order valence-corrected chi connectivity index (χ4v) is 6.23. The van der Waals surface area contributed by atoms with Gasteiger partial charge in [-0.25, -0.2) is 0 Å². The molecule has 1 aliphatic carbocycles. The van der Waals surface area contributed by atoms with E-state index < -0.39 is 0 Å². The van der Waals surface area contributed by atoms with Crippen molar-refractivity contribution < 1.29 is 24.4 Å². The van der Waals surface area contributed by atoms with Crippen LogP contribution in [-0.4, -0.2) is 79.9 Å². The standard InChI is InChI=1S/C23H39N3O4/c1-16-13-23(28)30-20-15-19(29-2)17(14-18(16)20)6-7-22(27)26-11-9-25(10-12-26)21-5-3-4-8-24-21/h16-21,24H,3-15H2,1-2H3/p+1. The number of nitrogens with two attached hydrogens (primary N) is 1. The van der Waals surface area contributed by atoms with Crippen LogP contribution >= 0.6 is 0 Å². The Morgan fingerprint density at radius 2 is 2.00 bits per heavy atom. The molecule has 6 atom stereocenters. The number of piperidine rings is 1. The van der Waals surface area contributed by atoms with E-state index in [1.165, 1.54) is 25.8 Å². The zero-order valence-corrected chi connectivity index (χ0v) is 18.8. The van der Waals surface area contributed by atoms with Crippen LogP contribution in [0.25, 0.3) is 0 Å². The number of ether oxygens (including phenoxy) is 2. The van der Waals surface area contributed by atoms with Gasteiger partial charge in [-0.05, 0) is 43.4 Å². The van der Waals surface area contributed by atoms with Crippen molar-refractivity contribution in [3.8, 4) is 0 Å². The molecule has 1 saturated carbocycles. The van der Waals surface area contributed by atoms with Gasteiger partial charge in [-0.1, -0.05) is 6.92 Å². The SMILES string of the molecule is COC1CC2OC(=O)CC(C)C2CC1CCC(=O)N1CCN(C2CCCC[NH2+]2)CC1. The largest absolute Gasteiger partial charge is 0.462 e. The molecule has 0 spiro atoms. The molecule has 7 heteroatoms. The smallest absolute Gasteiger partial charge is 0.306 e. The maximum Gasteiger partial charge on any atom is 0.306 e. The van der Waals surface area contributed by atoms with Crippen molar-refractivity contribution in [3.63, 3.8) is 0 Å². The summed E-state index contributed by atoms with van der Waals surface area (Å²) in [7, 11) is 1.75. The van der Waals surface area contributed by atoms with Crippen molar-refractivity contribution in [1.29, 1.82) is 0 Å². The van der Waals surface area contributed by atoms with E-state index in [0.29, 0.717) is 42.7 Å². The predicted molar refractivity (Wildman–Crippen MR) is 112 cm³/mol. The molecule has 170 valence electrons. The highest BCUT2D eigenvalue weighted by atomic mass is 16.5. The Balaban J connectivity index is 1.24. The van der Waals surface area contributed by atoms with Crippen LogP contribution in [0.3, 0.4) is 0 Å². The van der Waals surface area contributed by atoms with Crippen LogP contribution in [0.2, 0.25) is 0 Å². The van der Waals surface area contributed by atoms with E-state index in [-0.39, 0.29) is 18.2 Å². The second-order valence-corrected chi connectivity index (χ2v) is 9.92. The number of quaternary nitrogens is 1. The first kappa shape index (κ1) is 22.0. The summed E-state index contributed by atoms with van der Waals surface area (Å²) in [5.74, 6) is 1.36. The van der Waals surface area contributed by atoms with E-state index in [2.05, 4.69) is 22.0 Å². The van der Waals surface area contributed by atoms with E-state index >= 15 is 0 Å². The zero-order valence-electron chi connectivity index (χ0n) is 18.8. The fraction of sp³-hybridized carbons (Fsp3) is 0.913. The molecular formula is C23H40N3O4+. The van der Waals surface area contributed by atoms with Gasteiger partial charge in [0.25, 0.3) is 0 Å². The number of hydrogen-bond acceptors (Lipinski definition) is 5. The first-order chi connectivity index (χ1) is 14.5. The molecule has 4 rings (SSSR count). The van der Waals surface area contributed by atoms with Crippen LogP contribution in [0.1, 0.15) is 58.3 Å². The molecule has 0 aromatic carbocycles. The lowest BCUT2D eigenvalue weighted by Gasteiger charge is -2.45. The molecular weight excluding hydrogens is 382 g/mol. The Morgan fingerprint density at radius 3 is 2.70 bits per heavy atom. The van der Waals surface area contributed by atoms with Crippen molar-refractivity contribution in [2.24, 2.45) is 17.8 Å². The van der Waals surface area contributed by atoms with Gasteiger partial charge >= 0.3 is 5.97 Å². The highest BCUT2D eigenvalue weighted by molar-refractivity contribution is 5.76. The number of carbonyl (C=O) groups excluding carboxylic acids is 2. The number of amides is 1. The summed E-state index contributed by atoms with van der Waals surface area (Å²) in [4.78, 5) is 29.3. The molecule has 0 aromatic heterocycles. The minimum atomic E-state index is -0.0720. The fourth-order valence-electron chi connectivity index (χ4n) is 6.23. The van der Waals surface area contributed by atoms with E-state index in [4.69, 9.17) is 9.47 Å². The first-order valence-electron chi connectivity index (χ1n) is 12.1. The summed E-state index contributed by atoms with van der Waals surface area (Å²) in [6.45, 7) is 7.13. The van der Waals surface area contributed by atoms with Crippen LogP contribution in [0.15, 0.2) is 0 Å². The molecule has 4 fully saturated rings. The first-order valence-corrected chi connectivity index (χ1v) is 12.1. The predicted octanol–water partition coefficient (Wildman–Crippen LogP) is 0.977. The molecule has 30 heavy (non-hydrogen) atoms. The number of fused-ring (bicyclic) bond motifs is 1. The zero-order chi connectivity index (χ0) is 21.1. The Kier molecular flexibility index (Phi) is 7.32. The molecule has 3 saturated heterocycles. The van der Waals surface area contributed by atoms with Gasteiger partial charge in [-0.2, -0.15) is 0 Å². The Morgan fingerprint density at radius 1 is 1.20 bits per heavy atom. The Labute approximate surface area is 180 Å². The molecule has 7 nitrogen and oxygen atoms in total. The van der Waals surface area contributed by atoms with Crippen LogP contribution in [0, 0.1) is 17.8 Å². The van der Waals surface area contributed by atoms with Crippen molar-refractivity contribution in [2.45, 2.75) is 76.7 Å². The third-order valence-electron chi connectivity index (χ3n) is 8.11. The molecule has 3 aliphatic heterocycles. The van der Waals surface area contributed by atoms with Gasteiger partial charge in [-0.3, -0.25) is 14.5 Å². The van der Waals surface area contributed by atoms with E-state index in [1.54, 1.807) is 7.11 Å². The molecule has 2 N–H and O–H groups in total. The quantitative estimate of drug-likeness (QED) is 0.669. The summed E-state index contributed by atoms with van der Waals surface area (Å²) in [5, 5.41) is 2.48. The minimum Gasteiger partial charge on any atom is -0.462 e. The van der Waals surface area contributed by atoms with Gasteiger partial charge in [0.2, 0.25) is 5.91 Å². The number of piperazine rings is 1. The second-order valence-electron chi connectivity index (χ2n) is 9.92. The summed E-state index contributed by atoms with van der Waals surface area (Å²) >= 11 is 0. The average Bonchev–Trinajstić information content (AvgIpc) is 2.77. The summed E-state index contributed by atoms with van der Waals surface area (Å²) in [6, 6.07) is 0. The highest BCUT2D eigenvalue weighted by Crippen LogP contribution is 2.42. The lowest BCUT2D eigenvalue weighted by molar-refractivity contribution is -0.717. The molecule has 0 bridgehead atoms. The van der Waals surface area contributed by atoms with Gasteiger partial charge in [0.05, 0.1) is 12.6 Å². The maximum atomic E-state index is 12.9. The van der Waals surface area contributed by atoms with Crippen LogP contribution < -0.4 is 5.32 Å². The van der Waals surface area contributed by atoms with Crippen molar-refractivity contribution in [2.75, 3.05) is 39.8 Å². The van der Waals surface area contributed by atoms with Gasteiger partial charge in [0.1, 0.15) is 12.3 Å². The summed E-state index contributed by atoms with van der Waals surface area (Å²) in [6.07, 6.45) is 8.41. The Bertz CT molecular complexity index is 601. The monoisotopic (exact) mass is 422 g/mol. The molecule has 4 aliphatic rings. The summed E-state index contributed by atoms with van der Waals surface area (Å²) < 4.78 is 11.4. The van der Waals surface area contributed by atoms with Crippen molar-refractivity contribution in [3.05, 3.63) is 0 Å². The second kappa shape index (κ2) is 9.96. The van der Waals surface area contributed by atoms with Gasteiger partial charge in [0.15, 0.2) is 0 Å². The Hall–Kier alpha value is -1.18. The maximum absolute atomic E-state index is 12.9. The molecule has 0 aromatic rings. The third kappa shape index (κ3) is 5.00. The number of methoxy groups -OCH3 is 1. The molecule has 3 heterocycles. The van der Waals surface area contributed by atoms with E-state index in [9.17, 15) is 9.59 Å². The van der Waals surface area contributed by atoms with Crippen LogP contribution in [0.4, 0.5) is 0 Å². The average molecular weight is 423 g/mol. The number of carbonyl (C=O) groups is 2. The van der Waals surface area contributed by atoms with Crippen molar-refractivity contribution >= 4 is 11.9 Å². The summed E-state index contributed by atoms with van der Waals surface area (Å²) in [5.41, 5.74) is 0. The molecule has 0 radical (unpaired) electrons.